The molecule has 26 nitrogen and oxygen atoms in total. The molecule has 4 aliphatic carbocycles. The molecule has 0 radical (unpaired) electrons. The summed E-state index contributed by atoms with van der Waals surface area (Å²) in [6.07, 6.45) is 25.2. The Labute approximate surface area is 679 Å². The molecule has 9 aromatic heterocycles. The molecule has 118 heavy (non-hydrogen) atoms. The van der Waals surface area contributed by atoms with Gasteiger partial charge >= 0.3 is 0 Å². The van der Waals surface area contributed by atoms with Crippen molar-refractivity contribution in [1.29, 1.82) is 0 Å². The zero-order valence-corrected chi connectivity index (χ0v) is 66.2. The van der Waals surface area contributed by atoms with Crippen LogP contribution in [-0.4, -0.2) is 173 Å². The van der Waals surface area contributed by atoms with Crippen LogP contribution in [0.5, 0.6) is 23.5 Å². The summed E-state index contributed by atoms with van der Waals surface area (Å²) in [7, 11) is 0. The molecule has 4 saturated heterocycles. The first-order valence-corrected chi connectivity index (χ1v) is 39.9. The highest BCUT2D eigenvalue weighted by molar-refractivity contribution is 6.03. The Morgan fingerprint density at radius 2 is 0.814 bits per heavy atom. The van der Waals surface area contributed by atoms with Crippen LogP contribution in [-0.2, 0) is 0 Å². The number of piperidine rings is 4. The number of nitrogens with zero attached hydrogens (tertiary/aromatic N) is 15. The summed E-state index contributed by atoms with van der Waals surface area (Å²) in [4.78, 5) is 104. The van der Waals surface area contributed by atoms with Crippen LogP contribution < -0.4 is 18.9 Å². The molecule has 3 aromatic carbocycles. The van der Waals surface area contributed by atoms with E-state index in [2.05, 4.69) is 55.0 Å². The Balaban J connectivity index is 0.000000113. The van der Waals surface area contributed by atoms with Crippen molar-refractivity contribution in [2.45, 2.75) is 148 Å². The van der Waals surface area contributed by atoms with E-state index in [0.717, 1.165) is 103 Å². The average molecular weight is 1590 g/mol. The number of rotatable bonds is 16. The number of hydrogen-bond donors (Lipinski definition) is 0. The molecule has 8 aliphatic rings. The van der Waals surface area contributed by atoms with Crippen molar-refractivity contribution in [2.24, 2.45) is 23.7 Å². The summed E-state index contributed by atoms with van der Waals surface area (Å²) in [5.41, 5.74) is 9.70. The van der Waals surface area contributed by atoms with E-state index in [4.69, 9.17) is 32.3 Å². The number of halogens is 2. The predicted molar refractivity (Wildman–Crippen MR) is 427 cm³/mol. The molecule has 8 fully saturated rings. The Kier molecular flexibility index (Phi) is 21.9. The van der Waals surface area contributed by atoms with Gasteiger partial charge in [-0.3, -0.25) is 24.2 Å². The van der Waals surface area contributed by atoms with E-state index < -0.39 is 11.6 Å². The third-order valence-corrected chi connectivity index (χ3v) is 23.3. The fourth-order valence-electron chi connectivity index (χ4n) is 17.9. The molecule has 4 saturated carbocycles. The summed E-state index contributed by atoms with van der Waals surface area (Å²) in [5.74, 6) is 4.10. The maximum atomic E-state index is 14.7. The molecule has 12 aromatic rings. The van der Waals surface area contributed by atoms with Gasteiger partial charge in [0.2, 0.25) is 35.3 Å². The number of amides is 4. The molecule has 4 aliphatic heterocycles. The first-order valence-electron chi connectivity index (χ1n) is 39.9. The number of aryl methyl sites for hydroxylation is 7. The largest absolute Gasteiger partial charge is 0.472 e. The van der Waals surface area contributed by atoms with Crippen molar-refractivity contribution < 1.29 is 60.3 Å². The second-order valence-corrected chi connectivity index (χ2v) is 32.0. The van der Waals surface area contributed by atoms with Crippen LogP contribution >= 0.6 is 0 Å². The highest BCUT2D eigenvalue weighted by Crippen LogP contribution is 2.46. The van der Waals surface area contributed by atoms with Crippen molar-refractivity contribution in [3.05, 3.63) is 257 Å². The summed E-state index contributed by atoms with van der Waals surface area (Å²) in [6, 6.07) is 33.3. The third-order valence-electron chi connectivity index (χ3n) is 23.3. The van der Waals surface area contributed by atoms with Gasteiger partial charge in [-0.15, -0.1) is 0 Å². The van der Waals surface area contributed by atoms with Crippen LogP contribution in [0.2, 0.25) is 0 Å². The second-order valence-electron chi connectivity index (χ2n) is 32.0. The van der Waals surface area contributed by atoms with Crippen molar-refractivity contribution in [1.82, 2.24) is 74.6 Å². The Morgan fingerprint density at radius 1 is 0.381 bits per heavy atom. The molecule has 13 heterocycles. The lowest BCUT2D eigenvalue weighted by atomic mass is 10.0. The zero-order chi connectivity index (χ0) is 81.4. The summed E-state index contributed by atoms with van der Waals surface area (Å²) < 4.78 is 69.2. The van der Waals surface area contributed by atoms with Gasteiger partial charge in [-0.05, 0) is 206 Å². The van der Waals surface area contributed by atoms with Crippen molar-refractivity contribution >= 4 is 23.6 Å². The van der Waals surface area contributed by atoms with Gasteiger partial charge in [0.1, 0.15) is 54.3 Å². The number of benzene rings is 3. The Morgan fingerprint density at radius 3 is 1.25 bits per heavy atom. The predicted octanol–water partition coefficient (Wildman–Crippen LogP) is 14.7. The van der Waals surface area contributed by atoms with Crippen LogP contribution in [0.4, 0.5) is 8.78 Å². The average Bonchev–Trinajstić information content (AvgIpc) is 1.59. The minimum absolute atomic E-state index is 0.00490. The highest BCUT2D eigenvalue weighted by Gasteiger charge is 2.53. The van der Waals surface area contributed by atoms with E-state index >= 15 is 0 Å². The molecule has 20 rings (SSSR count). The number of pyridine rings is 5. The van der Waals surface area contributed by atoms with Crippen LogP contribution in [0.1, 0.15) is 132 Å². The monoisotopic (exact) mass is 1590 g/mol. The van der Waals surface area contributed by atoms with Crippen molar-refractivity contribution in [3.63, 3.8) is 0 Å². The maximum Gasteiger partial charge on any atom is 0.258 e. The lowest BCUT2D eigenvalue weighted by Crippen LogP contribution is -2.47. The van der Waals surface area contributed by atoms with E-state index in [1.165, 1.54) is 43.0 Å². The smallest absolute Gasteiger partial charge is 0.258 e. The lowest BCUT2D eigenvalue weighted by molar-refractivity contribution is 0.0461. The quantitative estimate of drug-likeness (QED) is 0.0868. The number of oxazole rings is 2. The summed E-state index contributed by atoms with van der Waals surface area (Å²) >= 11 is 0. The fraction of sp³-hybridized carbons (Fsp3) is 0.344. The Bertz CT molecular complexity index is 5610. The van der Waals surface area contributed by atoms with Gasteiger partial charge in [0.25, 0.3) is 29.5 Å². The molecule has 0 spiro atoms. The molecule has 602 valence electrons. The number of hydrogen-bond acceptors (Lipinski definition) is 22. The molecule has 0 N–H and O–H groups in total. The van der Waals surface area contributed by atoms with Gasteiger partial charge in [0.15, 0.2) is 11.6 Å². The topological polar surface area (TPSA) is 299 Å². The standard InChI is InChI=1S/C23H23N5O2.C23H23N3O3.C22H21FN4O3.C22H20FN3O3/c1-14-4-5-20(26-11-14)30-19-10-16-9-18(19)28(13-16)23(29)17-8-15(2)12-27-21(17)22-24-6-3-7-25-22;1-14-3-5-17(22-24-7-8-28-22)18(9-14)23(27)26-13-16-10-19(26)20(11-16)29-21-6-4-15(2)12-25-21;1-12-3-6-20(24-10-12)29-19-8-14-7-18(19)27(11-14)22(28)16-5-4-15(23)9-17(16)21-25-13(2)26-30-21;1-13-5-6-19(25-11-13)29-18-10-14-9-17(18)26(12-14)22(27)20-15(3-2-4-16(20)23)21-24-7-8-28-21/h3-8,11-12,16,18-19H,9-10,13H2,1-2H3;3-9,12,16,19-20H,10-11,13H2,1-2H3;3-6,9-10,14,18-19H,7-8,11H2,1-2H3;2-8,11,14,17-18H,9-10,12H2,1H3. The molecule has 8 bridgehead atoms. The van der Waals surface area contributed by atoms with Crippen LogP contribution in [0.25, 0.3) is 45.9 Å². The lowest BCUT2D eigenvalue weighted by Gasteiger charge is -2.33. The second kappa shape index (κ2) is 33.3. The molecule has 28 heteroatoms. The number of likely N-dealkylation sites (tertiary alicyclic amines) is 4. The van der Waals surface area contributed by atoms with Gasteiger partial charge in [-0.1, -0.05) is 47.1 Å². The van der Waals surface area contributed by atoms with Crippen LogP contribution in [0, 0.1) is 83.8 Å². The normalized spacial score (nSPS) is 22.6. The summed E-state index contributed by atoms with van der Waals surface area (Å²) in [5, 5.41) is 3.76. The number of ether oxygens (including phenoxy) is 4. The third kappa shape index (κ3) is 16.5. The molecular formula is C90H87F2N15O11. The minimum Gasteiger partial charge on any atom is -0.472 e. The molecule has 4 amide bonds. The van der Waals surface area contributed by atoms with Gasteiger partial charge in [-0.2, -0.15) is 4.98 Å². The first-order chi connectivity index (χ1) is 57.2. The van der Waals surface area contributed by atoms with Gasteiger partial charge in [0, 0.05) is 99.4 Å². The van der Waals surface area contributed by atoms with E-state index in [-0.39, 0.29) is 89.6 Å². The van der Waals surface area contributed by atoms with Gasteiger partial charge in [-0.25, -0.2) is 48.7 Å². The highest BCUT2D eigenvalue weighted by atomic mass is 19.1. The molecular weight excluding hydrogens is 1510 g/mol. The van der Waals surface area contributed by atoms with Gasteiger partial charge < -0.3 is 51.9 Å². The van der Waals surface area contributed by atoms with Crippen LogP contribution in [0.15, 0.2) is 197 Å². The van der Waals surface area contributed by atoms with E-state index in [9.17, 15) is 28.0 Å². The number of fused-ring (bicyclic) bond motifs is 8. The Hall–Kier alpha value is -13.0. The number of aromatic nitrogens is 11. The SMILES string of the molecule is Cc1ccc(OC2CC3CC2N(C(=O)c2c(F)cccc2-c2ncco2)C3)nc1.Cc1ccc(OC2CC3CC2N(C(=O)c2cc(C)ccc2-c2ncco2)C3)nc1.Cc1ccc(OC2CC3CC2N(C(=O)c2cc(C)cnc2-c2ncccn2)C3)nc1.Cc1ccc(OC2CC3CC2N(C(=O)c2ccc(F)cc2-c2nc(C)no2)C3)nc1. The van der Waals surface area contributed by atoms with E-state index in [0.29, 0.717) is 111 Å². The van der Waals surface area contributed by atoms with E-state index in [1.54, 1.807) is 79.6 Å². The van der Waals surface area contributed by atoms with Gasteiger partial charge in [0.05, 0.1) is 69.9 Å². The van der Waals surface area contributed by atoms with Crippen molar-refractivity contribution in [3.8, 4) is 69.4 Å². The maximum absolute atomic E-state index is 14.7. The van der Waals surface area contributed by atoms with Crippen LogP contribution in [0.3, 0.4) is 0 Å². The number of carbonyl (C=O) groups is 4. The zero-order valence-electron chi connectivity index (χ0n) is 66.2. The number of carbonyl (C=O) groups excluding carboxylic acids is 4. The molecule has 12 atom stereocenters. The van der Waals surface area contributed by atoms with E-state index in [1.807, 2.05) is 129 Å². The minimum atomic E-state index is -0.578. The fourth-order valence-corrected chi connectivity index (χ4v) is 17.9. The van der Waals surface area contributed by atoms with Crippen molar-refractivity contribution in [2.75, 3.05) is 26.2 Å². The molecule has 12 unspecified atom stereocenters. The first kappa shape index (κ1) is 77.6. The summed E-state index contributed by atoms with van der Waals surface area (Å²) in [6.45, 7) is 16.3.